The summed E-state index contributed by atoms with van der Waals surface area (Å²) in [6.45, 7) is 5.29. The van der Waals surface area contributed by atoms with E-state index in [0.717, 1.165) is 21.8 Å². The summed E-state index contributed by atoms with van der Waals surface area (Å²) in [6, 6.07) is 4.58. The zero-order valence-electron chi connectivity index (χ0n) is 10.6. The second kappa shape index (κ2) is 7.05. The molecule has 0 saturated heterocycles. The molecule has 2 rings (SSSR count). The van der Waals surface area contributed by atoms with Crippen molar-refractivity contribution in [2.75, 3.05) is 6.54 Å². The van der Waals surface area contributed by atoms with Crippen LogP contribution < -0.4 is 5.32 Å². The third-order valence-corrected chi connectivity index (χ3v) is 7.45. The molecule has 0 radical (unpaired) electrons. The predicted octanol–water partition coefficient (Wildman–Crippen LogP) is 6.39. The summed E-state index contributed by atoms with van der Waals surface area (Å²) in [4.78, 5) is 2.57. The number of hydrogen-bond donors (Lipinski definition) is 1. The van der Waals surface area contributed by atoms with Crippen LogP contribution in [0.3, 0.4) is 0 Å². The summed E-state index contributed by atoms with van der Waals surface area (Å²) in [6.07, 6.45) is 1.11. The minimum absolute atomic E-state index is 0.226. The lowest BCUT2D eigenvalue weighted by Gasteiger charge is -2.15. The van der Waals surface area contributed by atoms with Crippen LogP contribution in [0.15, 0.2) is 20.4 Å². The monoisotopic (exact) mass is 441 g/mol. The van der Waals surface area contributed by atoms with Gasteiger partial charge >= 0.3 is 0 Å². The van der Waals surface area contributed by atoms with E-state index in [0.29, 0.717) is 0 Å². The van der Waals surface area contributed by atoms with Gasteiger partial charge in [-0.05, 0) is 69.4 Å². The maximum Gasteiger partial charge on any atom is 0.107 e. The van der Waals surface area contributed by atoms with Gasteiger partial charge in [0.15, 0.2) is 0 Å². The predicted molar refractivity (Wildman–Crippen MR) is 93.9 cm³/mol. The second-order valence-electron chi connectivity index (χ2n) is 4.26. The minimum Gasteiger partial charge on any atom is -0.305 e. The molecule has 1 nitrogen and oxygen atoms in total. The molecular weight excluding hydrogens is 430 g/mol. The molecule has 104 valence electrons. The lowest BCUT2D eigenvalue weighted by atomic mass is 10.2. The standard InChI is InChI=1S/C13H14Br2ClNS2/c1-3-4-17-11(9-5-7(2)12(15)18-9)10-6-8(14)13(16)19-10/h5-6,11,17H,3-4H2,1-2H3. The normalized spacial score (nSPS) is 12.9. The number of halogens is 3. The smallest absolute Gasteiger partial charge is 0.107 e. The molecule has 6 heteroatoms. The lowest BCUT2D eigenvalue weighted by molar-refractivity contribution is 0.613. The SMILES string of the molecule is CCCNC(c1cc(Br)c(Cl)s1)c1cc(C)c(Br)s1. The maximum atomic E-state index is 6.17. The van der Waals surface area contributed by atoms with Crippen molar-refractivity contribution < 1.29 is 0 Å². The fraction of sp³-hybridized carbons (Fsp3) is 0.385. The highest BCUT2D eigenvalue weighted by Crippen LogP contribution is 2.40. The Morgan fingerprint density at radius 2 is 1.95 bits per heavy atom. The molecule has 0 aliphatic carbocycles. The van der Waals surface area contributed by atoms with Crippen molar-refractivity contribution in [2.45, 2.75) is 26.3 Å². The van der Waals surface area contributed by atoms with Crippen molar-refractivity contribution in [2.24, 2.45) is 0 Å². The van der Waals surface area contributed by atoms with Crippen LogP contribution in [-0.2, 0) is 0 Å². The number of nitrogens with one attached hydrogen (secondary N) is 1. The first-order valence-electron chi connectivity index (χ1n) is 5.96. The van der Waals surface area contributed by atoms with Crippen molar-refractivity contribution in [3.05, 3.63) is 40.0 Å². The Hall–Kier alpha value is 0.610. The van der Waals surface area contributed by atoms with Gasteiger partial charge in [0.1, 0.15) is 4.34 Å². The summed E-state index contributed by atoms with van der Waals surface area (Å²) >= 11 is 16.7. The number of rotatable bonds is 5. The largest absolute Gasteiger partial charge is 0.305 e. The first-order chi connectivity index (χ1) is 9.02. The average Bonchev–Trinajstić information content (AvgIpc) is 2.85. The van der Waals surface area contributed by atoms with E-state index < -0.39 is 0 Å². The van der Waals surface area contributed by atoms with E-state index in [-0.39, 0.29) is 6.04 Å². The molecule has 0 aliphatic rings. The van der Waals surface area contributed by atoms with E-state index >= 15 is 0 Å². The van der Waals surface area contributed by atoms with Gasteiger partial charge in [0, 0.05) is 14.2 Å². The molecule has 1 atom stereocenters. The molecule has 1 N–H and O–H groups in total. The van der Waals surface area contributed by atoms with Crippen LogP contribution in [0.5, 0.6) is 0 Å². The highest BCUT2D eigenvalue weighted by Gasteiger charge is 2.20. The van der Waals surface area contributed by atoms with Crippen molar-refractivity contribution in [1.82, 2.24) is 5.32 Å². The lowest BCUT2D eigenvalue weighted by Crippen LogP contribution is -2.21. The van der Waals surface area contributed by atoms with Crippen LogP contribution in [0.2, 0.25) is 4.34 Å². The van der Waals surface area contributed by atoms with E-state index in [1.807, 2.05) is 0 Å². The summed E-state index contributed by atoms with van der Waals surface area (Å²) < 4.78 is 2.99. The maximum absolute atomic E-state index is 6.17. The first-order valence-corrected chi connectivity index (χ1v) is 9.56. The van der Waals surface area contributed by atoms with Crippen LogP contribution in [0.1, 0.15) is 34.7 Å². The fourth-order valence-electron chi connectivity index (χ4n) is 1.76. The first kappa shape index (κ1) is 16.0. The molecule has 2 aromatic heterocycles. The van der Waals surface area contributed by atoms with E-state index in [2.05, 4.69) is 63.2 Å². The van der Waals surface area contributed by atoms with Crippen molar-refractivity contribution in [3.8, 4) is 0 Å². The topological polar surface area (TPSA) is 12.0 Å². The molecule has 0 saturated carbocycles. The molecule has 0 amide bonds. The molecule has 0 aliphatic heterocycles. The molecule has 1 unspecified atom stereocenters. The van der Waals surface area contributed by atoms with E-state index in [4.69, 9.17) is 11.6 Å². The van der Waals surface area contributed by atoms with Crippen LogP contribution in [0.25, 0.3) is 0 Å². The van der Waals surface area contributed by atoms with Gasteiger partial charge in [-0.25, -0.2) is 0 Å². The number of aryl methyl sites for hydroxylation is 1. The Labute approximate surface area is 143 Å². The summed E-state index contributed by atoms with van der Waals surface area (Å²) in [5.74, 6) is 0. The molecule has 0 bridgehead atoms. The van der Waals surface area contributed by atoms with Crippen LogP contribution in [-0.4, -0.2) is 6.54 Å². The van der Waals surface area contributed by atoms with Gasteiger partial charge < -0.3 is 5.32 Å². The fourth-order valence-corrected chi connectivity index (χ4v) is 5.33. The Balaban J connectivity index is 2.34. The third kappa shape index (κ3) is 3.83. The van der Waals surface area contributed by atoms with Crippen molar-refractivity contribution in [1.29, 1.82) is 0 Å². The van der Waals surface area contributed by atoms with Gasteiger partial charge in [-0.1, -0.05) is 18.5 Å². The third-order valence-electron chi connectivity index (χ3n) is 2.71. The van der Waals surface area contributed by atoms with Crippen molar-refractivity contribution >= 4 is 66.1 Å². The Bertz CT molecular complexity index is 480. The molecular formula is C13H14Br2ClNS2. The molecule has 2 aromatic rings. The number of hydrogen-bond acceptors (Lipinski definition) is 3. The van der Waals surface area contributed by atoms with Gasteiger partial charge in [-0.15, -0.1) is 22.7 Å². The Kier molecular flexibility index (Phi) is 5.93. The quantitative estimate of drug-likeness (QED) is 0.565. The summed E-state index contributed by atoms with van der Waals surface area (Å²) in [5.41, 5.74) is 1.28. The van der Waals surface area contributed by atoms with Crippen molar-refractivity contribution in [3.63, 3.8) is 0 Å². The molecule has 0 spiro atoms. The van der Waals surface area contributed by atoms with Crippen LogP contribution >= 0.6 is 66.1 Å². The highest BCUT2D eigenvalue weighted by atomic mass is 79.9. The zero-order chi connectivity index (χ0) is 14.0. The van der Waals surface area contributed by atoms with E-state index in [9.17, 15) is 0 Å². The van der Waals surface area contributed by atoms with Crippen LogP contribution in [0, 0.1) is 6.92 Å². The van der Waals surface area contributed by atoms with Gasteiger partial charge in [-0.3, -0.25) is 0 Å². The molecule has 0 aromatic carbocycles. The molecule has 0 fully saturated rings. The number of thiophene rings is 2. The van der Waals surface area contributed by atoms with Crippen LogP contribution in [0.4, 0.5) is 0 Å². The highest BCUT2D eigenvalue weighted by molar-refractivity contribution is 9.11. The molecule has 2 heterocycles. The van der Waals surface area contributed by atoms with Gasteiger partial charge in [0.05, 0.1) is 9.83 Å². The summed E-state index contributed by atoms with van der Waals surface area (Å²) in [7, 11) is 0. The van der Waals surface area contributed by atoms with E-state index in [1.54, 1.807) is 22.7 Å². The Morgan fingerprint density at radius 3 is 2.42 bits per heavy atom. The Morgan fingerprint density at radius 1 is 1.26 bits per heavy atom. The molecule has 19 heavy (non-hydrogen) atoms. The van der Waals surface area contributed by atoms with E-state index in [1.165, 1.54) is 19.1 Å². The minimum atomic E-state index is 0.226. The van der Waals surface area contributed by atoms with Gasteiger partial charge in [0.2, 0.25) is 0 Å². The zero-order valence-corrected chi connectivity index (χ0v) is 16.2. The average molecular weight is 444 g/mol. The second-order valence-corrected chi connectivity index (χ2v) is 9.20. The van der Waals surface area contributed by atoms with Gasteiger partial charge in [-0.2, -0.15) is 0 Å². The summed E-state index contributed by atoms with van der Waals surface area (Å²) in [5, 5.41) is 3.60. The van der Waals surface area contributed by atoms with Gasteiger partial charge in [0.25, 0.3) is 0 Å².